The fraction of sp³-hybridized carbons (Fsp3) is 0.429. The molecule has 3 rings (SSSR count). The van der Waals surface area contributed by atoms with Crippen LogP contribution in [0.25, 0.3) is 5.69 Å². The second kappa shape index (κ2) is 8.89. The summed E-state index contributed by atoms with van der Waals surface area (Å²) in [5, 5.41) is 13.4. The van der Waals surface area contributed by atoms with Gasteiger partial charge in [0.2, 0.25) is 5.91 Å². The summed E-state index contributed by atoms with van der Waals surface area (Å²) in [5.41, 5.74) is 2.41. The minimum Gasteiger partial charge on any atom is -0.480 e. The average Bonchev–Trinajstić information content (AvgIpc) is 2.98. The van der Waals surface area contributed by atoms with Gasteiger partial charge in [0.1, 0.15) is 6.54 Å². The molecule has 1 unspecified atom stereocenters. The van der Waals surface area contributed by atoms with Crippen LogP contribution in [0.2, 0.25) is 0 Å². The van der Waals surface area contributed by atoms with Crippen LogP contribution < -0.4 is 0 Å². The van der Waals surface area contributed by atoms with E-state index in [4.69, 9.17) is 5.11 Å². The van der Waals surface area contributed by atoms with Gasteiger partial charge >= 0.3 is 5.97 Å². The normalized spacial score (nSPS) is 16.9. The van der Waals surface area contributed by atoms with Crippen molar-refractivity contribution in [2.75, 3.05) is 19.6 Å². The van der Waals surface area contributed by atoms with Gasteiger partial charge in [0.05, 0.1) is 11.4 Å². The lowest BCUT2D eigenvalue weighted by atomic mass is 10.1. The van der Waals surface area contributed by atoms with E-state index in [1.165, 1.54) is 11.8 Å². The second-order valence-electron chi connectivity index (χ2n) is 7.37. The van der Waals surface area contributed by atoms with E-state index in [1.807, 2.05) is 31.3 Å². The number of hydrogen-bond donors (Lipinski definition) is 1. The Morgan fingerprint density at radius 3 is 2.45 bits per heavy atom. The van der Waals surface area contributed by atoms with Gasteiger partial charge in [0.15, 0.2) is 0 Å². The van der Waals surface area contributed by atoms with Crippen LogP contribution in [0.15, 0.2) is 36.5 Å². The monoisotopic (exact) mass is 398 g/mol. The SMILES string of the molecule is CC(=O)N(CC(=O)O)C1CCCN(C(=O)c2ccc(-n3ccc(C)n3)cc2)CC1. The molecule has 1 aromatic carbocycles. The van der Waals surface area contributed by atoms with Crippen molar-refractivity contribution in [2.24, 2.45) is 0 Å². The summed E-state index contributed by atoms with van der Waals surface area (Å²) in [6.45, 7) is 4.09. The number of aryl methyl sites for hydroxylation is 1. The standard InChI is InChI=1S/C21H26N4O4/c1-15-9-13-25(22-15)19-7-5-17(6-8-19)21(29)23-11-3-4-18(10-12-23)24(16(2)26)14-20(27)28/h5-9,13,18H,3-4,10-12,14H2,1-2H3,(H,27,28). The van der Waals surface area contributed by atoms with Crippen LogP contribution in [0.5, 0.6) is 0 Å². The Balaban J connectivity index is 1.66. The van der Waals surface area contributed by atoms with E-state index in [0.717, 1.165) is 17.8 Å². The number of amides is 2. The molecule has 0 saturated carbocycles. The van der Waals surface area contributed by atoms with E-state index in [9.17, 15) is 14.4 Å². The number of benzene rings is 1. The van der Waals surface area contributed by atoms with Crippen LogP contribution in [0.4, 0.5) is 0 Å². The molecule has 29 heavy (non-hydrogen) atoms. The van der Waals surface area contributed by atoms with Crippen LogP contribution in [-0.2, 0) is 9.59 Å². The zero-order valence-electron chi connectivity index (χ0n) is 16.7. The number of carbonyl (C=O) groups is 3. The highest BCUT2D eigenvalue weighted by molar-refractivity contribution is 5.94. The van der Waals surface area contributed by atoms with Gasteiger partial charge in [-0.05, 0) is 56.5 Å². The van der Waals surface area contributed by atoms with E-state index in [0.29, 0.717) is 31.5 Å². The highest BCUT2D eigenvalue weighted by atomic mass is 16.4. The number of carboxylic acids is 1. The Bertz CT molecular complexity index is 890. The molecule has 1 atom stereocenters. The maximum atomic E-state index is 12.9. The molecule has 1 aliphatic rings. The van der Waals surface area contributed by atoms with Crippen molar-refractivity contribution in [3.05, 3.63) is 47.8 Å². The van der Waals surface area contributed by atoms with Crippen molar-refractivity contribution in [1.29, 1.82) is 0 Å². The third-order valence-electron chi connectivity index (χ3n) is 5.24. The largest absolute Gasteiger partial charge is 0.480 e. The van der Waals surface area contributed by atoms with Crippen molar-refractivity contribution in [2.45, 2.75) is 39.2 Å². The summed E-state index contributed by atoms with van der Waals surface area (Å²) >= 11 is 0. The van der Waals surface area contributed by atoms with Gasteiger partial charge in [0, 0.05) is 37.8 Å². The second-order valence-corrected chi connectivity index (χ2v) is 7.37. The van der Waals surface area contributed by atoms with Crippen LogP contribution >= 0.6 is 0 Å². The smallest absolute Gasteiger partial charge is 0.323 e. The van der Waals surface area contributed by atoms with Crippen LogP contribution in [0, 0.1) is 6.92 Å². The van der Waals surface area contributed by atoms with Gasteiger partial charge in [0.25, 0.3) is 5.91 Å². The summed E-state index contributed by atoms with van der Waals surface area (Å²) < 4.78 is 1.76. The molecule has 2 aromatic rings. The molecule has 0 bridgehead atoms. The molecule has 1 aliphatic heterocycles. The fourth-order valence-electron chi connectivity index (χ4n) is 3.73. The Morgan fingerprint density at radius 2 is 1.86 bits per heavy atom. The van der Waals surface area contributed by atoms with Gasteiger partial charge in [-0.3, -0.25) is 14.4 Å². The Kier molecular flexibility index (Phi) is 6.31. The number of rotatable bonds is 5. The zero-order valence-corrected chi connectivity index (χ0v) is 16.7. The first-order valence-corrected chi connectivity index (χ1v) is 9.76. The Hall–Kier alpha value is -3.16. The van der Waals surface area contributed by atoms with Crippen molar-refractivity contribution < 1.29 is 19.5 Å². The molecule has 0 radical (unpaired) electrons. The fourth-order valence-corrected chi connectivity index (χ4v) is 3.73. The summed E-state index contributed by atoms with van der Waals surface area (Å²) in [7, 11) is 0. The number of aromatic nitrogens is 2. The quantitative estimate of drug-likeness (QED) is 0.832. The number of aliphatic carboxylic acids is 1. The summed E-state index contributed by atoms with van der Waals surface area (Å²) in [4.78, 5) is 39.0. The Morgan fingerprint density at radius 1 is 1.14 bits per heavy atom. The maximum absolute atomic E-state index is 12.9. The van der Waals surface area contributed by atoms with Crippen LogP contribution in [0.3, 0.4) is 0 Å². The lowest BCUT2D eigenvalue weighted by Gasteiger charge is -2.28. The zero-order chi connectivity index (χ0) is 21.0. The molecule has 1 saturated heterocycles. The van der Waals surface area contributed by atoms with Gasteiger partial charge < -0.3 is 14.9 Å². The molecule has 8 nitrogen and oxygen atoms in total. The molecule has 1 N–H and O–H groups in total. The highest BCUT2D eigenvalue weighted by Crippen LogP contribution is 2.19. The predicted octanol–water partition coefficient (Wildman–Crippen LogP) is 2.11. The third-order valence-corrected chi connectivity index (χ3v) is 5.24. The predicted molar refractivity (Wildman–Crippen MR) is 107 cm³/mol. The first kappa shape index (κ1) is 20.6. The van der Waals surface area contributed by atoms with E-state index in [2.05, 4.69) is 5.10 Å². The van der Waals surface area contributed by atoms with E-state index >= 15 is 0 Å². The topological polar surface area (TPSA) is 95.7 Å². The van der Waals surface area contributed by atoms with E-state index in [-0.39, 0.29) is 24.4 Å². The first-order valence-electron chi connectivity index (χ1n) is 9.76. The van der Waals surface area contributed by atoms with Crippen molar-refractivity contribution in [3.63, 3.8) is 0 Å². The minimum atomic E-state index is -1.02. The van der Waals surface area contributed by atoms with Crippen LogP contribution in [-0.4, -0.2) is 68.1 Å². The molecule has 2 amide bonds. The van der Waals surface area contributed by atoms with Gasteiger partial charge in [-0.15, -0.1) is 0 Å². The lowest BCUT2D eigenvalue weighted by molar-refractivity contribution is -0.145. The minimum absolute atomic E-state index is 0.0542. The van der Waals surface area contributed by atoms with Crippen molar-refractivity contribution >= 4 is 17.8 Å². The van der Waals surface area contributed by atoms with Crippen molar-refractivity contribution in [3.8, 4) is 5.69 Å². The molecule has 1 fully saturated rings. The van der Waals surface area contributed by atoms with Crippen LogP contribution in [0.1, 0.15) is 42.2 Å². The lowest BCUT2D eigenvalue weighted by Crippen LogP contribution is -2.43. The molecule has 1 aromatic heterocycles. The molecule has 154 valence electrons. The highest BCUT2D eigenvalue weighted by Gasteiger charge is 2.27. The molecule has 2 heterocycles. The molecule has 0 aliphatic carbocycles. The Labute approximate surface area is 169 Å². The van der Waals surface area contributed by atoms with Gasteiger partial charge in [-0.1, -0.05) is 0 Å². The third kappa shape index (κ3) is 5.01. The average molecular weight is 398 g/mol. The number of carboxylic acid groups (broad SMARTS) is 1. The number of nitrogens with zero attached hydrogens (tertiary/aromatic N) is 4. The summed E-state index contributed by atoms with van der Waals surface area (Å²) in [6, 6.07) is 9.08. The number of likely N-dealkylation sites (tertiary alicyclic amines) is 1. The first-order chi connectivity index (χ1) is 13.8. The number of hydrogen-bond acceptors (Lipinski definition) is 4. The van der Waals surface area contributed by atoms with E-state index in [1.54, 1.807) is 21.7 Å². The summed E-state index contributed by atoms with van der Waals surface area (Å²) in [5.74, 6) is -1.33. The molecular weight excluding hydrogens is 372 g/mol. The molecule has 0 spiro atoms. The van der Waals surface area contributed by atoms with Gasteiger partial charge in [-0.2, -0.15) is 5.10 Å². The van der Waals surface area contributed by atoms with Crippen molar-refractivity contribution in [1.82, 2.24) is 19.6 Å². The summed E-state index contributed by atoms with van der Waals surface area (Å²) in [6.07, 6.45) is 3.86. The number of carbonyl (C=O) groups excluding carboxylic acids is 2. The van der Waals surface area contributed by atoms with E-state index < -0.39 is 5.97 Å². The maximum Gasteiger partial charge on any atom is 0.323 e. The molecule has 8 heteroatoms. The van der Waals surface area contributed by atoms with Gasteiger partial charge in [-0.25, -0.2) is 4.68 Å². The molecular formula is C21H26N4O4.